The smallest absolute Gasteiger partial charge is 0.337 e. The fraction of sp³-hybridized carbons (Fsp3) is 0.500. The topological polar surface area (TPSA) is 83.5 Å². The number of carboxylic acids is 1. The molecule has 21 heavy (non-hydrogen) atoms. The van der Waals surface area contributed by atoms with Crippen molar-refractivity contribution < 1.29 is 18.3 Å². The van der Waals surface area contributed by atoms with Gasteiger partial charge in [-0.2, -0.15) is 0 Å². The largest absolute Gasteiger partial charge is 0.478 e. The monoisotopic (exact) mass is 331 g/mol. The minimum atomic E-state index is -3.78. The van der Waals surface area contributed by atoms with Gasteiger partial charge in [-0.3, -0.25) is 0 Å². The molecule has 1 aliphatic rings. The Labute approximate surface area is 129 Å². The first-order valence-electron chi connectivity index (χ1n) is 6.46. The standard InChI is InChI=1S/C14H18ClNO4S/c1-13(2)12(14(13,3)4)16-21(19,20)8-5-6-10(15)9(7-8)11(17)18/h5-7,12,16H,1-4H3,(H,17,18). The molecule has 0 unspecified atom stereocenters. The molecule has 1 fully saturated rings. The van der Waals surface area contributed by atoms with Gasteiger partial charge in [-0.25, -0.2) is 17.9 Å². The van der Waals surface area contributed by atoms with Crippen molar-refractivity contribution in [2.24, 2.45) is 10.8 Å². The van der Waals surface area contributed by atoms with Crippen LogP contribution in [0.5, 0.6) is 0 Å². The zero-order chi connectivity index (χ0) is 16.2. The highest BCUT2D eigenvalue weighted by molar-refractivity contribution is 7.89. The van der Waals surface area contributed by atoms with Crippen molar-refractivity contribution in [3.63, 3.8) is 0 Å². The fourth-order valence-electron chi connectivity index (χ4n) is 2.55. The van der Waals surface area contributed by atoms with E-state index >= 15 is 0 Å². The second-order valence-corrected chi connectivity index (χ2v) is 8.57. The van der Waals surface area contributed by atoms with Crippen LogP contribution in [-0.4, -0.2) is 25.5 Å². The van der Waals surface area contributed by atoms with Gasteiger partial charge >= 0.3 is 5.97 Å². The third kappa shape index (κ3) is 2.56. The van der Waals surface area contributed by atoms with E-state index in [2.05, 4.69) is 4.72 Å². The van der Waals surface area contributed by atoms with Gasteiger partial charge < -0.3 is 5.11 Å². The number of sulfonamides is 1. The predicted molar refractivity (Wildman–Crippen MR) is 80.1 cm³/mol. The van der Waals surface area contributed by atoms with Crippen molar-refractivity contribution in [3.8, 4) is 0 Å². The molecule has 2 rings (SSSR count). The molecule has 1 aliphatic carbocycles. The van der Waals surface area contributed by atoms with E-state index in [0.717, 1.165) is 6.07 Å². The molecule has 0 spiro atoms. The maximum atomic E-state index is 12.4. The van der Waals surface area contributed by atoms with Gasteiger partial charge in [-0.15, -0.1) is 0 Å². The van der Waals surface area contributed by atoms with Gasteiger partial charge in [0, 0.05) is 6.04 Å². The van der Waals surface area contributed by atoms with Crippen LogP contribution >= 0.6 is 11.6 Å². The van der Waals surface area contributed by atoms with E-state index < -0.39 is 16.0 Å². The second kappa shape index (κ2) is 4.69. The van der Waals surface area contributed by atoms with E-state index in [9.17, 15) is 13.2 Å². The van der Waals surface area contributed by atoms with Gasteiger partial charge in [0.25, 0.3) is 0 Å². The molecule has 2 N–H and O–H groups in total. The first kappa shape index (κ1) is 16.3. The van der Waals surface area contributed by atoms with Gasteiger partial charge in [0.1, 0.15) is 0 Å². The van der Waals surface area contributed by atoms with Crippen LogP contribution in [0, 0.1) is 10.8 Å². The molecule has 116 valence electrons. The van der Waals surface area contributed by atoms with Crippen LogP contribution in [0.4, 0.5) is 0 Å². The maximum Gasteiger partial charge on any atom is 0.337 e. The summed E-state index contributed by atoms with van der Waals surface area (Å²) in [5.74, 6) is -1.26. The molecule has 0 heterocycles. The molecule has 1 aromatic rings. The van der Waals surface area contributed by atoms with Crippen LogP contribution in [0.25, 0.3) is 0 Å². The molecule has 7 heteroatoms. The van der Waals surface area contributed by atoms with Gasteiger partial charge in [0.05, 0.1) is 15.5 Å². The van der Waals surface area contributed by atoms with Crippen molar-refractivity contribution in [1.82, 2.24) is 4.72 Å². The summed E-state index contributed by atoms with van der Waals surface area (Å²) in [4.78, 5) is 10.9. The number of halogens is 1. The number of hydrogen-bond acceptors (Lipinski definition) is 3. The van der Waals surface area contributed by atoms with Gasteiger partial charge in [0.15, 0.2) is 0 Å². The highest BCUT2D eigenvalue weighted by Crippen LogP contribution is 2.62. The molecular formula is C14H18ClNO4S. The van der Waals surface area contributed by atoms with E-state index in [-0.39, 0.29) is 32.4 Å². The summed E-state index contributed by atoms with van der Waals surface area (Å²) >= 11 is 5.75. The zero-order valence-electron chi connectivity index (χ0n) is 12.3. The van der Waals surface area contributed by atoms with Crippen molar-refractivity contribution in [2.75, 3.05) is 0 Å². The normalized spacial score (nSPS) is 20.2. The summed E-state index contributed by atoms with van der Waals surface area (Å²) in [5, 5.41) is 9.02. The van der Waals surface area contributed by atoms with E-state index in [1.165, 1.54) is 12.1 Å². The van der Waals surface area contributed by atoms with Crippen molar-refractivity contribution >= 4 is 27.6 Å². The number of hydrogen-bond donors (Lipinski definition) is 2. The number of aromatic carboxylic acids is 1. The third-order valence-electron chi connectivity index (χ3n) is 4.77. The first-order chi connectivity index (χ1) is 9.41. The first-order valence-corrected chi connectivity index (χ1v) is 8.32. The minimum absolute atomic E-state index is 0.00790. The van der Waals surface area contributed by atoms with Crippen LogP contribution in [0.15, 0.2) is 23.1 Å². The number of carbonyl (C=O) groups is 1. The maximum absolute atomic E-state index is 12.4. The van der Waals surface area contributed by atoms with Gasteiger partial charge in [0.2, 0.25) is 10.0 Å². The number of nitrogens with one attached hydrogen (secondary N) is 1. The van der Waals surface area contributed by atoms with Crippen LogP contribution in [0.3, 0.4) is 0 Å². The Morgan fingerprint density at radius 3 is 2.19 bits per heavy atom. The summed E-state index contributed by atoms with van der Waals surface area (Å²) < 4.78 is 27.4. The molecule has 0 amide bonds. The molecule has 0 saturated heterocycles. The van der Waals surface area contributed by atoms with Crippen molar-refractivity contribution in [1.29, 1.82) is 0 Å². The Morgan fingerprint density at radius 2 is 1.76 bits per heavy atom. The van der Waals surface area contributed by atoms with Gasteiger partial charge in [-0.05, 0) is 29.0 Å². The average molecular weight is 332 g/mol. The summed E-state index contributed by atoms with van der Waals surface area (Å²) in [6.45, 7) is 7.96. The summed E-state index contributed by atoms with van der Waals surface area (Å²) in [7, 11) is -3.78. The average Bonchev–Trinajstić information content (AvgIpc) is 2.71. The SMILES string of the molecule is CC1(C)C(NS(=O)(=O)c2ccc(Cl)c(C(=O)O)c2)C1(C)C. The molecular weight excluding hydrogens is 314 g/mol. The summed E-state index contributed by atoms with van der Waals surface area (Å²) in [5.41, 5.74) is -0.529. The van der Waals surface area contributed by atoms with Crippen molar-refractivity contribution in [3.05, 3.63) is 28.8 Å². The molecule has 1 aromatic carbocycles. The predicted octanol–water partition coefficient (Wildman–Crippen LogP) is 2.75. The van der Waals surface area contributed by atoms with Crippen molar-refractivity contribution in [2.45, 2.75) is 38.6 Å². The third-order valence-corrected chi connectivity index (χ3v) is 6.52. The molecule has 5 nitrogen and oxygen atoms in total. The van der Waals surface area contributed by atoms with Gasteiger partial charge in [-0.1, -0.05) is 39.3 Å². The summed E-state index contributed by atoms with van der Waals surface area (Å²) in [6, 6.07) is 3.47. The molecule has 0 aromatic heterocycles. The number of rotatable bonds is 4. The van der Waals surface area contributed by atoms with E-state index in [1.807, 2.05) is 27.7 Å². The quantitative estimate of drug-likeness (QED) is 0.888. The Hall–Kier alpha value is -1.11. The highest BCUT2D eigenvalue weighted by atomic mass is 35.5. The minimum Gasteiger partial charge on any atom is -0.478 e. The molecule has 0 atom stereocenters. The van der Waals surface area contributed by atoms with E-state index in [1.54, 1.807) is 0 Å². The lowest BCUT2D eigenvalue weighted by atomic mass is 10.0. The lowest BCUT2D eigenvalue weighted by molar-refractivity contribution is 0.0697. The molecule has 0 bridgehead atoms. The highest BCUT2D eigenvalue weighted by Gasteiger charge is 2.66. The Morgan fingerprint density at radius 1 is 1.24 bits per heavy atom. The Bertz CT molecular complexity index is 696. The van der Waals surface area contributed by atoms with Crippen LogP contribution in [0.1, 0.15) is 38.1 Å². The number of carboxylic acid groups (broad SMARTS) is 1. The molecule has 0 radical (unpaired) electrons. The van der Waals surface area contributed by atoms with E-state index in [0.29, 0.717) is 0 Å². The second-order valence-electron chi connectivity index (χ2n) is 6.44. The lowest BCUT2D eigenvalue weighted by Crippen LogP contribution is -2.30. The summed E-state index contributed by atoms with van der Waals surface area (Å²) in [6.07, 6.45) is 0. The van der Waals surface area contributed by atoms with E-state index in [4.69, 9.17) is 16.7 Å². The molecule has 1 saturated carbocycles. The fourth-order valence-corrected chi connectivity index (χ4v) is 4.30. The Kier molecular flexibility index (Phi) is 3.64. The number of benzene rings is 1. The lowest BCUT2D eigenvalue weighted by Gasteiger charge is -2.09. The Balaban J connectivity index is 2.34. The van der Waals surface area contributed by atoms with Crippen LogP contribution < -0.4 is 4.72 Å². The van der Waals surface area contributed by atoms with Crippen LogP contribution in [0.2, 0.25) is 5.02 Å². The molecule has 0 aliphatic heterocycles. The van der Waals surface area contributed by atoms with Crippen LogP contribution in [-0.2, 0) is 10.0 Å². The zero-order valence-corrected chi connectivity index (χ0v) is 13.8.